The van der Waals surface area contributed by atoms with Crippen LogP contribution in [0.25, 0.3) is 10.2 Å². The Kier molecular flexibility index (Phi) is 3.93. The van der Waals surface area contributed by atoms with E-state index in [4.69, 9.17) is 4.98 Å². The van der Waals surface area contributed by atoms with Crippen molar-refractivity contribution in [2.45, 2.75) is 50.7 Å². The molecule has 21 heavy (non-hydrogen) atoms. The highest BCUT2D eigenvalue weighted by Gasteiger charge is 2.26. The summed E-state index contributed by atoms with van der Waals surface area (Å²) in [4.78, 5) is 7.45. The monoisotopic (exact) mass is 301 g/mol. The lowest BCUT2D eigenvalue weighted by Gasteiger charge is -2.35. The van der Waals surface area contributed by atoms with Crippen LogP contribution in [0.1, 0.15) is 37.1 Å². The first-order valence-corrected chi connectivity index (χ1v) is 9.02. The molecule has 4 rings (SSSR count). The van der Waals surface area contributed by atoms with Crippen molar-refractivity contribution in [3.63, 3.8) is 0 Å². The van der Waals surface area contributed by atoms with Gasteiger partial charge in [-0.15, -0.1) is 11.3 Å². The van der Waals surface area contributed by atoms with Crippen LogP contribution in [0.15, 0.2) is 24.3 Å². The number of rotatable bonds is 5. The smallest absolute Gasteiger partial charge is 0.108 e. The fourth-order valence-electron chi connectivity index (χ4n) is 3.25. The van der Waals surface area contributed by atoms with E-state index in [1.54, 1.807) is 0 Å². The van der Waals surface area contributed by atoms with E-state index >= 15 is 0 Å². The predicted octanol–water partition coefficient (Wildman–Crippen LogP) is 3.40. The van der Waals surface area contributed by atoms with Crippen LogP contribution in [0.3, 0.4) is 0 Å². The number of fused-ring (bicyclic) bond motifs is 1. The zero-order valence-electron chi connectivity index (χ0n) is 12.4. The molecule has 1 saturated heterocycles. The van der Waals surface area contributed by atoms with Crippen LogP contribution in [0, 0.1) is 0 Å². The lowest BCUT2D eigenvalue weighted by molar-refractivity contribution is 0.137. The Bertz CT molecular complexity index is 572. The van der Waals surface area contributed by atoms with Crippen LogP contribution in [0.5, 0.6) is 0 Å². The Morgan fingerprint density at radius 1 is 1.19 bits per heavy atom. The largest absolute Gasteiger partial charge is 0.312 e. The predicted molar refractivity (Wildman–Crippen MR) is 88.7 cm³/mol. The van der Waals surface area contributed by atoms with Gasteiger partial charge in [-0.3, -0.25) is 4.90 Å². The SMILES string of the molecule is c1ccc2sc(CN3CCCCC3CNC3CC3)nc2c1. The Labute approximate surface area is 130 Å². The second-order valence-electron chi connectivity index (χ2n) is 6.38. The van der Waals surface area contributed by atoms with Crippen LogP contribution >= 0.6 is 11.3 Å². The maximum Gasteiger partial charge on any atom is 0.108 e. The number of likely N-dealkylation sites (tertiary alicyclic amines) is 1. The number of para-hydroxylation sites is 1. The van der Waals surface area contributed by atoms with Gasteiger partial charge in [0, 0.05) is 18.6 Å². The van der Waals surface area contributed by atoms with Crippen molar-refractivity contribution >= 4 is 21.6 Å². The first-order valence-electron chi connectivity index (χ1n) is 8.20. The summed E-state index contributed by atoms with van der Waals surface area (Å²) in [6.07, 6.45) is 6.82. The van der Waals surface area contributed by atoms with E-state index in [0.29, 0.717) is 6.04 Å². The number of aromatic nitrogens is 1. The van der Waals surface area contributed by atoms with Gasteiger partial charge >= 0.3 is 0 Å². The molecule has 2 heterocycles. The highest BCUT2D eigenvalue weighted by Crippen LogP contribution is 2.26. The van der Waals surface area contributed by atoms with Gasteiger partial charge in [0.2, 0.25) is 0 Å². The zero-order valence-corrected chi connectivity index (χ0v) is 13.2. The molecular weight excluding hydrogens is 278 g/mol. The summed E-state index contributed by atoms with van der Waals surface area (Å²) < 4.78 is 1.32. The Hall–Kier alpha value is -0.970. The minimum atomic E-state index is 0.700. The second kappa shape index (κ2) is 6.03. The van der Waals surface area contributed by atoms with Crippen LogP contribution in [-0.4, -0.2) is 35.1 Å². The molecule has 1 saturated carbocycles. The Morgan fingerprint density at radius 2 is 2.10 bits per heavy atom. The molecule has 1 aromatic heterocycles. The molecule has 1 N–H and O–H groups in total. The van der Waals surface area contributed by atoms with E-state index < -0.39 is 0 Å². The van der Waals surface area contributed by atoms with Gasteiger partial charge in [-0.05, 0) is 44.4 Å². The molecule has 1 atom stereocenters. The first-order chi connectivity index (χ1) is 10.4. The first kappa shape index (κ1) is 13.7. The molecule has 3 nitrogen and oxygen atoms in total. The number of piperidine rings is 1. The number of nitrogens with one attached hydrogen (secondary N) is 1. The van der Waals surface area contributed by atoms with Crippen molar-refractivity contribution in [3.8, 4) is 0 Å². The Morgan fingerprint density at radius 3 is 2.95 bits per heavy atom. The van der Waals surface area contributed by atoms with Crippen molar-refractivity contribution in [1.82, 2.24) is 15.2 Å². The number of nitrogens with zero attached hydrogens (tertiary/aromatic N) is 2. The molecule has 112 valence electrons. The number of benzene rings is 1. The molecular formula is C17H23N3S. The van der Waals surface area contributed by atoms with Crippen LogP contribution in [0.2, 0.25) is 0 Å². The summed E-state index contributed by atoms with van der Waals surface area (Å²) in [5, 5.41) is 4.98. The van der Waals surface area contributed by atoms with Crippen molar-refractivity contribution in [3.05, 3.63) is 29.3 Å². The molecule has 2 fully saturated rings. The number of hydrogen-bond acceptors (Lipinski definition) is 4. The lowest BCUT2D eigenvalue weighted by Crippen LogP contribution is -2.45. The summed E-state index contributed by atoms with van der Waals surface area (Å²) in [6, 6.07) is 10.0. The molecule has 0 spiro atoms. The number of hydrogen-bond donors (Lipinski definition) is 1. The molecule has 0 amide bonds. The van der Waals surface area contributed by atoms with E-state index in [9.17, 15) is 0 Å². The Balaban J connectivity index is 1.44. The average molecular weight is 301 g/mol. The van der Waals surface area contributed by atoms with E-state index in [1.807, 2.05) is 11.3 Å². The third-order valence-electron chi connectivity index (χ3n) is 4.65. The third kappa shape index (κ3) is 3.28. The molecule has 0 radical (unpaired) electrons. The van der Waals surface area contributed by atoms with Gasteiger partial charge in [-0.2, -0.15) is 0 Å². The fraction of sp³-hybridized carbons (Fsp3) is 0.588. The standard InChI is InChI=1S/C17H23N3S/c1-2-7-16-15(6-1)19-17(21-16)12-20-10-4-3-5-14(20)11-18-13-8-9-13/h1-2,6-7,13-14,18H,3-5,8-12H2. The fourth-order valence-corrected chi connectivity index (χ4v) is 4.24. The van der Waals surface area contributed by atoms with E-state index in [1.165, 1.54) is 48.4 Å². The highest BCUT2D eigenvalue weighted by molar-refractivity contribution is 7.18. The van der Waals surface area contributed by atoms with Gasteiger partial charge in [0.15, 0.2) is 0 Å². The summed E-state index contributed by atoms with van der Waals surface area (Å²) >= 11 is 1.86. The van der Waals surface area contributed by atoms with Crippen LogP contribution in [-0.2, 0) is 6.54 Å². The summed E-state index contributed by atoms with van der Waals surface area (Å²) in [6.45, 7) is 3.42. The quantitative estimate of drug-likeness (QED) is 0.917. The van der Waals surface area contributed by atoms with Crippen molar-refractivity contribution < 1.29 is 0 Å². The topological polar surface area (TPSA) is 28.2 Å². The minimum absolute atomic E-state index is 0.700. The van der Waals surface area contributed by atoms with Gasteiger partial charge in [-0.1, -0.05) is 18.6 Å². The van der Waals surface area contributed by atoms with Crippen LogP contribution in [0.4, 0.5) is 0 Å². The number of thiazole rings is 1. The van der Waals surface area contributed by atoms with Crippen molar-refractivity contribution in [2.75, 3.05) is 13.1 Å². The third-order valence-corrected chi connectivity index (χ3v) is 5.67. The zero-order chi connectivity index (χ0) is 14.1. The maximum atomic E-state index is 4.81. The van der Waals surface area contributed by atoms with Gasteiger partial charge in [0.1, 0.15) is 5.01 Å². The van der Waals surface area contributed by atoms with E-state index in [2.05, 4.69) is 34.5 Å². The van der Waals surface area contributed by atoms with Crippen molar-refractivity contribution in [1.29, 1.82) is 0 Å². The van der Waals surface area contributed by atoms with Gasteiger partial charge in [0.25, 0.3) is 0 Å². The summed E-state index contributed by atoms with van der Waals surface area (Å²) in [7, 11) is 0. The summed E-state index contributed by atoms with van der Waals surface area (Å²) in [5.41, 5.74) is 1.15. The molecule has 1 aliphatic heterocycles. The maximum absolute atomic E-state index is 4.81. The molecule has 4 heteroatoms. The molecule has 2 aliphatic rings. The molecule has 0 bridgehead atoms. The average Bonchev–Trinajstić information content (AvgIpc) is 3.25. The molecule has 1 aromatic carbocycles. The minimum Gasteiger partial charge on any atom is -0.312 e. The summed E-state index contributed by atoms with van der Waals surface area (Å²) in [5.74, 6) is 0. The van der Waals surface area contributed by atoms with E-state index in [-0.39, 0.29) is 0 Å². The van der Waals surface area contributed by atoms with Crippen LogP contribution < -0.4 is 5.32 Å². The molecule has 1 aliphatic carbocycles. The second-order valence-corrected chi connectivity index (χ2v) is 7.49. The normalized spacial score (nSPS) is 23.7. The van der Waals surface area contributed by atoms with E-state index in [0.717, 1.165) is 24.6 Å². The highest BCUT2D eigenvalue weighted by atomic mass is 32.1. The van der Waals surface area contributed by atoms with Gasteiger partial charge in [-0.25, -0.2) is 4.98 Å². The van der Waals surface area contributed by atoms with Gasteiger partial charge in [0.05, 0.1) is 16.8 Å². The lowest BCUT2D eigenvalue weighted by atomic mass is 10.0. The molecule has 2 aromatic rings. The molecule has 1 unspecified atom stereocenters. The van der Waals surface area contributed by atoms with Gasteiger partial charge < -0.3 is 5.32 Å². The van der Waals surface area contributed by atoms with Crippen molar-refractivity contribution in [2.24, 2.45) is 0 Å².